The normalized spacial score (nSPS) is 32.1. The van der Waals surface area contributed by atoms with Crippen LogP contribution < -0.4 is 5.73 Å². The van der Waals surface area contributed by atoms with Crippen molar-refractivity contribution >= 4 is 28.9 Å². The number of ketones is 2. The van der Waals surface area contributed by atoms with E-state index in [2.05, 4.69) is 10.0 Å². The first kappa shape index (κ1) is 24.2. The van der Waals surface area contributed by atoms with E-state index in [1.54, 1.807) is 6.92 Å². The van der Waals surface area contributed by atoms with Crippen molar-refractivity contribution in [2.24, 2.45) is 22.7 Å². The van der Waals surface area contributed by atoms with E-state index in [0.717, 1.165) is 0 Å². The molecule has 184 valence electrons. The number of fused-ring (bicyclic) bond motifs is 3. The van der Waals surface area contributed by atoms with Crippen molar-refractivity contribution in [2.45, 2.75) is 30.6 Å². The van der Waals surface area contributed by atoms with E-state index < -0.39 is 81.4 Å². The molecule has 0 heterocycles. The van der Waals surface area contributed by atoms with Gasteiger partial charge in [0, 0.05) is 16.4 Å². The summed E-state index contributed by atoms with van der Waals surface area (Å²) in [4.78, 5) is 42.8. The number of nitrogens with two attached hydrogens (primary N) is 1. The zero-order valence-corrected chi connectivity index (χ0v) is 18.9. The predicted octanol–water partition coefficient (Wildman–Crippen LogP) is 0.438. The number of aromatic hydroxyl groups is 1. The molecule has 1 aromatic rings. The molecule has 0 bridgehead atoms. The predicted molar refractivity (Wildman–Crippen MR) is 119 cm³/mol. The van der Waals surface area contributed by atoms with Gasteiger partial charge < -0.3 is 31.3 Å². The molecule has 0 saturated heterocycles. The Labute approximate surface area is 198 Å². The van der Waals surface area contributed by atoms with Crippen molar-refractivity contribution in [1.29, 1.82) is 0 Å². The van der Waals surface area contributed by atoms with Crippen LogP contribution in [0, 0.1) is 11.8 Å². The van der Waals surface area contributed by atoms with E-state index in [1.807, 2.05) is 0 Å². The third kappa shape index (κ3) is 2.93. The zero-order valence-electron chi connectivity index (χ0n) is 18.9. The summed E-state index contributed by atoms with van der Waals surface area (Å²) in [7, 11) is 2.86. The van der Waals surface area contributed by atoms with Gasteiger partial charge in [-0.05, 0) is 37.2 Å². The first-order valence-electron chi connectivity index (χ1n) is 10.6. The fraction of sp³-hybridized carbons (Fsp3) is 0.409. The van der Waals surface area contributed by atoms with Crippen molar-refractivity contribution in [3.63, 3.8) is 0 Å². The van der Waals surface area contributed by atoms with E-state index in [1.165, 1.54) is 31.1 Å². The number of nitrogens with zero attached hydrogens (tertiary/aromatic N) is 4. The maximum atomic E-state index is 13.8. The largest absolute Gasteiger partial charge is 0.508 e. The van der Waals surface area contributed by atoms with E-state index in [-0.39, 0.29) is 11.3 Å². The van der Waals surface area contributed by atoms with E-state index in [4.69, 9.17) is 11.3 Å². The van der Waals surface area contributed by atoms with E-state index in [9.17, 15) is 39.9 Å². The Morgan fingerprint density at radius 3 is 2.40 bits per heavy atom. The molecule has 0 radical (unpaired) electrons. The number of primary amides is 1. The molecule has 0 aromatic heterocycles. The number of benzene rings is 1. The second-order valence-electron chi connectivity index (χ2n) is 9.14. The molecule has 3 aliphatic carbocycles. The van der Waals surface area contributed by atoms with Gasteiger partial charge in [-0.3, -0.25) is 19.3 Å². The smallest absolute Gasteiger partial charge is 0.255 e. The number of azide groups is 1. The van der Waals surface area contributed by atoms with Crippen LogP contribution in [0.15, 0.2) is 34.2 Å². The molecule has 1 saturated carbocycles. The molecule has 1 amide bonds. The molecule has 3 aliphatic rings. The fourth-order valence-corrected chi connectivity index (χ4v) is 5.73. The van der Waals surface area contributed by atoms with E-state index >= 15 is 0 Å². The Bertz CT molecular complexity index is 1310. The minimum absolute atomic E-state index is 0.237. The third-order valence-electron chi connectivity index (χ3n) is 7.26. The first-order valence-corrected chi connectivity index (χ1v) is 10.6. The molecular formula is C22H23N5O8. The number of hydrogen-bond acceptors (Lipinski definition) is 10. The molecule has 13 heteroatoms. The molecule has 13 nitrogen and oxygen atoms in total. The number of aliphatic hydroxyl groups is 4. The lowest BCUT2D eigenvalue weighted by Gasteiger charge is -2.53. The first-order chi connectivity index (χ1) is 16.3. The summed E-state index contributed by atoms with van der Waals surface area (Å²) in [6.07, 6.45) is -1.68. The van der Waals surface area contributed by atoms with Crippen molar-refractivity contribution < 1.29 is 39.9 Å². The number of amides is 1. The molecule has 2 unspecified atom stereocenters. The van der Waals surface area contributed by atoms with Crippen molar-refractivity contribution in [3.8, 4) is 5.75 Å². The van der Waals surface area contributed by atoms with Gasteiger partial charge in [-0.25, -0.2) is 0 Å². The van der Waals surface area contributed by atoms with Gasteiger partial charge in [0.15, 0.2) is 11.4 Å². The molecule has 0 spiro atoms. The number of phenols is 1. The highest BCUT2D eigenvalue weighted by Gasteiger charge is 2.68. The van der Waals surface area contributed by atoms with Crippen LogP contribution in [0.5, 0.6) is 5.75 Å². The summed E-state index contributed by atoms with van der Waals surface area (Å²) in [5.74, 6) is -9.90. The van der Waals surface area contributed by atoms with Gasteiger partial charge in [-0.2, -0.15) is 0 Å². The Kier molecular flexibility index (Phi) is 5.41. The van der Waals surface area contributed by atoms with Crippen molar-refractivity contribution in [3.05, 3.63) is 50.6 Å². The van der Waals surface area contributed by atoms with Crippen LogP contribution in [0.2, 0.25) is 0 Å². The Balaban J connectivity index is 2.07. The highest BCUT2D eigenvalue weighted by atomic mass is 16.4. The molecule has 35 heavy (non-hydrogen) atoms. The lowest BCUT2D eigenvalue weighted by molar-refractivity contribution is -0.169. The van der Waals surface area contributed by atoms with Crippen LogP contribution in [-0.4, -0.2) is 79.7 Å². The maximum absolute atomic E-state index is 13.8. The van der Waals surface area contributed by atoms with Crippen LogP contribution in [-0.2, 0) is 14.4 Å². The minimum atomic E-state index is -2.98. The molecule has 6 atom stereocenters. The quantitative estimate of drug-likeness (QED) is 0.151. The highest BCUT2D eigenvalue weighted by Crippen LogP contribution is 2.56. The Morgan fingerprint density at radius 1 is 1.23 bits per heavy atom. The van der Waals surface area contributed by atoms with Crippen LogP contribution in [0.3, 0.4) is 0 Å². The molecule has 4 rings (SSSR count). The fourth-order valence-electron chi connectivity index (χ4n) is 5.73. The molecule has 1 fully saturated rings. The lowest BCUT2D eigenvalue weighted by Crippen LogP contribution is -2.70. The van der Waals surface area contributed by atoms with Gasteiger partial charge in [0.05, 0.1) is 29.3 Å². The number of likely N-dealkylation sites (N-methyl/N-ethyl adjacent to an activating group) is 1. The summed E-state index contributed by atoms with van der Waals surface area (Å²) in [6, 6.07) is 1.33. The van der Waals surface area contributed by atoms with Crippen LogP contribution in [0.25, 0.3) is 16.2 Å². The average Bonchev–Trinajstić information content (AvgIpc) is 2.77. The maximum Gasteiger partial charge on any atom is 0.255 e. The Morgan fingerprint density at radius 2 is 1.86 bits per heavy atom. The molecule has 0 aliphatic heterocycles. The van der Waals surface area contributed by atoms with Gasteiger partial charge in [0.1, 0.15) is 22.8 Å². The number of hydrogen-bond donors (Lipinski definition) is 6. The number of phenolic OH excluding ortho intramolecular Hbond substituents is 1. The topological polar surface area (TPSA) is 230 Å². The summed E-state index contributed by atoms with van der Waals surface area (Å²) in [5, 5.41) is 58.9. The van der Waals surface area contributed by atoms with Crippen LogP contribution in [0.4, 0.5) is 5.69 Å². The van der Waals surface area contributed by atoms with Gasteiger partial charge in [-0.15, -0.1) is 0 Å². The molecular weight excluding hydrogens is 462 g/mol. The van der Waals surface area contributed by atoms with E-state index in [0.29, 0.717) is 5.56 Å². The number of carbonyl (C=O) groups is 3. The van der Waals surface area contributed by atoms with Gasteiger partial charge in [-0.1, -0.05) is 18.1 Å². The second kappa shape index (κ2) is 7.82. The van der Waals surface area contributed by atoms with Crippen molar-refractivity contribution in [2.75, 3.05) is 14.1 Å². The number of rotatable bonds is 3. The summed E-state index contributed by atoms with van der Waals surface area (Å²) in [5.41, 5.74) is 9.33. The summed E-state index contributed by atoms with van der Waals surface area (Å²) in [6.45, 7) is 1.60. The highest BCUT2D eigenvalue weighted by molar-refractivity contribution is 6.24. The summed E-state index contributed by atoms with van der Waals surface area (Å²) < 4.78 is 0. The minimum Gasteiger partial charge on any atom is -0.508 e. The second-order valence-corrected chi connectivity index (χ2v) is 9.14. The SMILES string of the molecule is C[C@H]1c2ccc(N=[N+]=[N-])c(O)c2C(O)=C2C(=O)[C@]3(O)C(O)=C(C(N)=O)C(=O)[C@@H](N(C)C)C3[C@@H](O)C21. The number of carbonyl (C=O) groups excluding carboxylic acids is 3. The summed E-state index contributed by atoms with van der Waals surface area (Å²) >= 11 is 0. The third-order valence-corrected chi connectivity index (χ3v) is 7.26. The zero-order chi connectivity index (χ0) is 26.1. The number of Topliss-reactive ketones (excluding diaryl/α,β-unsaturated/α-hetero) is 2. The molecule has 7 N–H and O–H groups in total. The number of aliphatic hydroxyl groups excluding tert-OH is 3. The monoisotopic (exact) mass is 485 g/mol. The lowest BCUT2D eigenvalue weighted by atomic mass is 9.54. The standard InChI is InChI=1S/C22H23N5O8/c1-6-7-4-5-8(25-26-24)15(28)10(7)16(29)11-9(6)17(30)13-14(27(2)3)18(31)12(21(23)34)20(33)22(13,35)19(11)32/h4-6,9,13-14,17,28-30,33,35H,1-3H3,(H2,23,34)/t6-,9?,13?,14-,17-,22-/m0/s1. The Hall–Kier alpha value is -3.90. The molecule has 1 aromatic carbocycles. The van der Waals surface area contributed by atoms with Gasteiger partial charge in [0.25, 0.3) is 5.91 Å². The average molecular weight is 485 g/mol. The van der Waals surface area contributed by atoms with Gasteiger partial charge in [0.2, 0.25) is 5.78 Å². The van der Waals surface area contributed by atoms with Crippen molar-refractivity contribution in [1.82, 2.24) is 4.90 Å². The van der Waals surface area contributed by atoms with Gasteiger partial charge >= 0.3 is 0 Å². The van der Waals surface area contributed by atoms with Crippen LogP contribution in [0.1, 0.15) is 24.0 Å². The van der Waals surface area contributed by atoms with Crippen LogP contribution >= 0.6 is 0 Å².